The summed E-state index contributed by atoms with van der Waals surface area (Å²) < 4.78 is 10.2. The molecule has 0 rings (SSSR count). The molecule has 6 nitrogen and oxygen atoms in total. The number of ether oxygens (including phenoxy) is 2. The standard InChI is InChI=1S/C10H23N3O3/c1-9(16-3)8-13(6-7-15-2)5-4-10(11)12-14/h9,14H,4-8H2,1-3H3,(H2,11,12). The van der Waals surface area contributed by atoms with Crippen LogP contribution in [0.4, 0.5) is 0 Å². The van der Waals surface area contributed by atoms with Gasteiger partial charge in [0.25, 0.3) is 0 Å². The van der Waals surface area contributed by atoms with Gasteiger partial charge in [-0.25, -0.2) is 0 Å². The van der Waals surface area contributed by atoms with Crippen LogP contribution in [0.5, 0.6) is 0 Å². The minimum atomic E-state index is 0.157. The highest BCUT2D eigenvalue weighted by Gasteiger charge is 2.10. The molecule has 0 aromatic carbocycles. The smallest absolute Gasteiger partial charge is 0.140 e. The summed E-state index contributed by atoms with van der Waals surface area (Å²) in [5.74, 6) is 0.243. The number of hydrogen-bond donors (Lipinski definition) is 2. The topological polar surface area (TPSA) is 80.3 Å². The molecule has 0 spiro atoms. The van der Waals surface area contributed by atoms with Crippen LogP contribution in [-0.4, -0.2) is 62.5 Å². The van der Waals surface area contributed by atoms with Crippen molar-refractivity contribution in [2.45, 2.75) is 19.4 Å². The molecule has 1 unspecified atom stereocenters. The molecule has 0 heterocycles. The van der Waals surface area contributed by atoms with Crippen LogP contribution in [-0.2, 0) is 9.47 Å². The molecule has 0 saturated carbocycles. The fraction of sp³-hybridized carbons (Fsp3) is 0.900. The summed E-state index contributed by atoms with van der Waals surface area (Å²) in [6.07, 6.45) is 0.695. The Morgan fingerprint density at radius 3 is 2.62 bits per heavy atom. The van der Waals surface area contributed by atoms with Crippen LogP contribution < -0.4 is 5.73 Å². The van der Waals surface area contributed by atoms with E-state index in [0.717, 1.165) is 19.6 Å². The van der Waals surface area contributed by atoms with Crippen LogP contribution >= 0.6 is 0 Å². The first-order valence-corrected chi connectivity index (χ1v) is 5.34. The molecular weight excluding hydrogens is 210 g/mol. The Labute approximate surface area is 97.0 Å². The minimum absolute atomic E-state index is 0.157. The molecule has 0 aliphatic rings. The molecule has 0 amide bonds. The summed E-state index contributed by atoms with van der Waals surface area (Å²) in [5, 5.41) is 11.4. The number of amidine groups is 1. The summed E-state index contributed by atoms with van der Waals surface area (Å²) in [6, 6.07) is 0. The van der Waals surface area contributed by atoms with Gasteiger partial charge in [-0.1, -0.05) is 5.16 Å². The Kier molecular flexibility index (Phi) is 8.88. The zero-order valence-corrected chi connectivity index (χ0v) is 10.3. The quantitative estimate of drug-likeness (QED) is 0.256. The first kappa shape index (κ1) is 15.2. The van der Waals surface area contributed by atoms with E-state index in [2.05, 4.69) is 10.1 Å². The number of nitrogens with zero attached hydrogens (tertiary/aromatic N) is 2. The Hall–Kier alpha value is -0.850. The summed E-state index contributed by atoms with van der Waals surface area (Å²) >= 11 is 0. The van der Waals surface area contributed by atoms with Crippen LogP contribution in [0.3, 0.4) is 0 Å². The van der Waals surface area contributed by atoms with Gasteiger partial charge in [-0.15, -0.1) is 0 Å². The van der Waals surface area contributed by atoms with Crippen molar-refractivity contribution in [3.63, 3.8) is 0 Å². The van der Waals surface area contributed by atoms with Crippen molar-refractivity contribution >= 4 is 5.84 Å². The van der Waals surface area contributed by atoms with Crippen molar-refractivity contribution in [2.24, 2.45) is 10.9 Å². The van der Waals surface area contributed by atoms with E-state index in [-0.39, 0.29) is 11.9 Å². The second kappa shape index (κ2) is 9.38. The van der Waals surface area contributed by atoms with E-state index in [1.807, 2.05) is 6.92 Å². The van der Waals surface area contributed by atoms with E-state index in [0.29, 0.717) is 13.0 Å². The number of hydrogen-bond acceptors (Lipinski definition) is 5. The van der Waals surface area contributed by atoms with Crippen molar-refractivity contribution in [3.8, 4) is 0 Å². The van der Waals surface area contributed by atoms with Crippen LogP contribution in [0.2, 0.25) is 0 Å². The Morgan fingerprint density at radius 2 is 2.12 bits per heavy atom. The highest BCUT2D eigenvalue weighted by atomic mass is 16.5. The fourth-order valence-electron chi connectivity index (χ4n) is 1.28. The van der Waals surface area contributed by atoms with Crippen molar-refractivity contribution in [1.29, 1.82) is 0 Å². The van der Waals surface area contributed by atoms with Crippen molar-refractivity contribution in [1.82, 2.24) is 4.90 Å². The molecule has 3 N–H and O–H groups in total. The maximum Gasteiger partial charge on any atom is 0.140 e. The molecule has 0 radical (unpaired) electrons. The maximum atomic E-state index is 8.45. The zero-order valence-electron chi connectivity index (χ0n) is 10.3. The average molecular weight is 233 g/mol. The van der Waals surface area contributed by atoms with E-state index in [9.17, 15) is 0 Å². The van der Waals surface area contributed by atoms with Crippen molar-refractivity contribution in [2.75, 3.05) is 40.5 Å². The number of rotatable bonds is 9. The molecule has 0 aliphatic heterocycles. The molecule has 1 atom stereocenters. The summed E-state index contributed by atoms with van der Waals surface area (Å²) in [5.41, 5.74) is 5.42. The summed E-state index contributed by atoms with van der Waals surface area (Å²) in [4.78, 5) is 2.16. The molecule has 96 valence electrons. The van der Waals surface area contributed by atoms with Gasteiger partial charge < -0.3 is 20.4 Å². The Morgan fingerprint density at radius 1 is 1.44 bits per heavy atom. The molecule has 0 aromatic rings. The second-order valence-electron chi connectivity index (χ2n) is 3.68. The average Bonchev–Trinajstić information content (AvgIpc) is 2.31. The summed E-state index contributed by atoms with van der Waals surface area (Å²) in [7, 11) is 3.35. The molecule has 0 aromatic heterocycles. The second-order valence-corrected chi connectivity index (χ2v) is 3.68. The van der Waals surface area contributed by atoms with E-state index >= 15 is 0 Å². The monoisotopic (exact) mass is 233 g/mol. The number of methoxy groups -OCH3 is 2. The first-order valence-electron chi connectivity index (χ1n) is 5.34. The molecule has 0 aliphatic carbocycles. The largest absolute Gasteiger partial charge is 0.409 e. The molecule has 6 heteroatoms. The van der Waals surface area contributed by atoms with Crippen molar-refractivity contribution < 1.29 is 14.7 Å². The van der Waals surface area contributed by atoms with E-state index in [1.54, 1.807) is 14.2 Å². The minimum Gasteiger partial charge on any atom is -0.409 e. The maximum absolute atomic E-state index is 8.45. The van der Waals surface area contributed by atoms with Crippen molar-refractivity contribution in [3.05, 3.63) is 0 Å². The van der Waals surface area contributed by atoms with E-state index < -0.39 is 0 Å². The third-order valence-electron chi connectivity index (χ3n) is 2.34. The Balaban J connectivity index is 3.99. The van der Waals surface area contributed by atoms with Gasteiger partial charge in [0, 0.05) is 40.3 Å². The summed E-state index contributed by atoms with van der Waals surface area (Å²) in [6.45, 7) is 5.00. The molecule has 16 heavy (non-hydrogen) atoms. The van der Waals surface area contributed by atoms with Gasteiger partial charge in [-0.05, 0) is 6.92 Å². The van der Waals surface area contributed by atoms with Crippen LogP contribution in [0.25, 0.3) is 0 Å². The molecule has 0 bridgehead atoms. The normalized spacial score (nSPS) is 14.4. The lowest BCUT2D eigenvalue weighted by atomic mass is 10.3. The highest BCUT2D eigenvalue weighted by Crippen LogP contribution is 1.97. The third-order valence-corrected chi connectivity index (χ3v) is 2.34. The SMILES string of the molecule is COCCN(CCC(N)=NO)CC(C)OC. The van der Waals surface area contributed by atoms with Gasteiger partial charge in [0.05, 0.1) is 12.7 Å². The molecule has 0 fully saturated rings. The first-order chi connectivity index (χ1) is 7.63. The molecule has 0 saturated heterocycles. The van der Waals surface area contributed by atoms with Gasteiger partial charge in [-0.2, -0.15) is 0 Å². The van der Waals surface area contributed by atoms with E-state index in [1.165, 1.54) is 0 Å². The van der Waals surface area contributed by atoms with Gasteiger partial charge in [0.1, 0.15) is 5.84 Å². The predicted octanol–water partition coefficient (Wildman–Crippen LogP) is 0.106. The highest BCUT2D eigenvalue weighted by molar-refractivity contribution is 5.79. The fourth-order valence-corrected chi connectivity index (χ4v) is 1.28. The lowest BCUT2D eigenvalue weighted by Gasteiger charge is -2.24. The molecular formula is C10H23N3O3. The van der Waals surface area contributed by atoms with Gasteiger partial charge in [-0.3, -0.25) is 4.90 Å². The third kappa shape index (κ3) is 7.44. The predicted molar refractivity (Wildman–Crippen MR) is 62.8 cm³/mol. The van der Waals surface area contributed by atoms with Gasteiger partial charge in [0.15, 0.2) is 0 Å². The van der Waals surface area contributed by atoms with Crippen LogP contribution in [0.15, 0.2) is 5.16 Å². The number of oxime groups is 1. The lowest BCUT2D eigenvalue weighted by molar-refractivity contribution is 0.0655. The van der Waals surface area contributed by atoms with Crippen LogP contribution in [0.1, 0.15) is 13.3 Å². The lowest BCUT2D eigenvalue weighted by Crippen LogP contribution is -2.36. The zero-order chi connectivity index (χ0) is 12.4. The van der Waals surface area contributed by atoms with Gasteiger partial charge in [0.2, 0.25) is 0 Å². The number of nitrogens with two attached hydrogens (primary N) is 1. The van der Waals surface area contributed by atoms with Gasteiger partial charge >= 0.3 is 0 Å². The Bertz CT molecular complexity index is 200. The van der Waals surface area contributed by atoms with Crippen LogP contribution in [0, 0.1) is 0 Å². The van der Waals surface area contributed by atoms with E-state index in [4.69, 9.17) is 20.4 Å².